The highest BCUT2D eigenvalue weighted by atomic mass is 16.2. The standard InChI is InChI=1S/C23H32N4O2/c1-6-17-8-10-18(11-9-17)22(28)25-19-12-13-21(27(4)5)20(16-19)23(29)24-14-7-15-26(2)3/h8-13,16H,6-7,14-15H2,1-5H3,(H,24,29)(H,25,28). The largest absolute Gasteiger partial charge is 0.377 e. The smallest absolute Gasteiger partial charge is 0.255 e. The molecule has 0 aliphatic carbocycles. The molecule has 0 aromatic heterocycles. The monoisotopic (exact) mass is 396 g/mol. The second-order valence-electron chi connectivity index (χ2n) is 7.54. The topological polar surface area (TPSA) is 64.7 Å². The van der Waals surface area contributed by atoms with E-state index in [0.29, 0.717) is 23.4 Å². The summed E-state index contributed by atoms with van der Waals surface area (Å²) in [6, 6.07) is 12.9. The highest BCUT2D eigenvalue weighted by Gasteiger charge is 2.15. The normalized spacial score (nSPS) is 10.7. The van der Waals surface area contributed by atoms with Gasteiger partial charge >= 0.3 is 0 Å². The van der Waals surface area contributed by atoms with Crippen LogP contribution in [0.2, 0.25) is 0 Å². The molecule has 0 aliphatic rings. The summed E-state index contributed by atoms with van der Waals surface area (Å²) in [5, 5.41) is 5.86. The molecule has 156 valence electrons. The Morgan fingerprint density at radius 2 is 1.62 bits per heavy atom. The maximum atomic E-state index is 12.7. The first-order valence-electron chi connectivity index (χ1n) is 9.96. The number of benzene rings is 2. The van der Waals surface area contributed by atoms with Gasteiger partial charge in [0, 0.05) is 37.6 Å². The summed E-state index contributed by atoms with van der Waals surface area (Å²) in [6.45, 7) is 3.59. The molecular weight excluding hydrogens is 364 g/mol. The first kappa shape index (κ1) is 22.4. The minimum Gasteiger partial charge on any atom is -0.377 e. The van der Waals surface area contributed by atoms with E-state index in [-0.39, 0.29) is 11.8 Å². The molecule has 0 saturated heterocycles. The molecule has 0 radical (unpaired) electrons. The molecule has 0 aliphatic heterocycles. The van der Waals surface area contributed by atoms with Gasteiger partial charge in [0.1, 0.15) is 0 Å². The van der Waals surface area contributed by atoms with Gasteiger partial charge in [-0.2, -0.15) is 0 Å². The maximum absolute atomic E-state index is 12.7. The van der Waals surface area contributed by atoms with Crippen LogP contribution in [-0.2, 0) is 6.42 Å². The van der Waals surface area contributed by atoms with Gasteiger partial charge in [-0.15, -0.1) is 0 Å². The number of aryl methyl sites for hydroxylation is 1. The third kappa shape index (κ3) is 6.61. The summed E-state index contributed by atoms with van der Waals surface area (Å²) in [4.78, 5) is 29.3. The SMILES string of the molecule is CCc1ccc(C(=O)Nc2ccc(N(C)C)c(C(=O)NCCCN(C)C)c2)cc1. The average Bonchev–Trinajstić information content (AvgIpc) is 2.70. The van der Waals surface area contributed by atoms with Gasteiger partial charge in [0.2, 0.25) is 0 Å². The average molecular weight is 397 g/mol. The van der Waals surface area contributed by atoms with Crippen molar-refractivity contribution in [1.29, 1.82) is 0 Å². The molecule has 0 atom stereocenters. The van der Waals surface area contributed by atoms with Crippen LogP contribution in [0.15, 0.2) is 42.5 Å². The predicted molar refractivity (Wildman–Crippen MR) is 120 cm³/mol. The lowest BCUT2D eigenvalue weighted by Crippen LogP contribution is -2.28. The summed E-state index contributed by atoms with van der Waals surface area (Å²) in [7, 11) is 7.80. The predicted octanol–water partition coefficient (Wildman–Crippen LogP) is 3.25. The van der Waals surface area contributed by atoms with Crippen molar-refractivity contribution < 1.29 is 9.59 Å². The van der Waals surface area contributed by atoms with Crippen LogP contribution in [0.25, 0.3) is 0 Å². The van der Waals surface area contributed by atoms with Crippen molar-refractivity contribution in [3.63, 3.8) is 0 Å². The van der Waals surface area contributed by atoms with Crippen LogP contribution in [0.4, 0.5) is 11.4 Å². The fourth-order valence-electron chi connectivity index (χ4n) is 2.97. The molecule has 6 heteroatoms. The van der Waals surface area contributed by atoms with E-state index in [4.69, 9.17) is 0 Å². The van der Waals surface area contributed by atoms with Gasteiger partial charge in [-0.3, -0.25) is 9.59 Å². The lowest BCUT2D eigenvalue weighted by Gasteiger charge is -2.19. The third-order valence-corrected chi connectivity index (χ3v) is 4.67. The van der Waals surface area contributed by atoms with Crippen molar-refractivity contribution in [2.24, 2.45) is 0 Å². The minimum atomic E-state index is -0.192. The van der Waals surface area contributed by atoms with Crippen LogP contribution in [-0.4, -0.2) is 58.0 Å². The third-order valence-electron chi connectivity index (χ3n) is 4.67. The van der Waals surface area contributed by atoms with Crippen LogP contribution < -0.4 is 15.5 Å². The van der Waals surface area contributed by atoms with Gasteiger partial charge in [-0.25, -0.2) is 0 Å². The second-order valence-corrected chi connectivity index (χ2v) is 7.54. The van der Waals surface area contributed by atoms with E-state index < -0.39 is 0 Å². The summed E-state index contributed by atoms with van der Waals surface area (Å²) in [5.41, 5.74) is 3.72. The Morgan fingerprint density at radius 3 is 2.21 bits per heavy atom. The van der Waals surface area contributed by atoms with Gasteiger partial charge in [-0.05, 0) is 69.4 Å². The van der Waals surface area contributed by atoms with Crippen molar-refractivity contribution in [1.82, 2.24) is 10.2 Å². The number of hydrogen-bond donors (Lipinski definition) is 2. The van der Waals surface area contributed by atoms with Crippen LogP contribution in [0.5, 0.6) is 0 Å². The number of anilines is 2. The van der Waals surface area contributed by atoms with E-state index in [1.54, 1.807) is 6.07 Å². The molecule has 29 heavy (non-hydrogen) atoms. The number of carbonyl (C=O) groups excluding carboxylic acids is 2. The van der Waals surface area contributed by atoms with Crippen molar-refractivity contribution >= 4 is 23.2 Å². The molecular formula is C23H32N4O2. The highest BCUT2D eigenvalue weighted by Crippen LogP contribution is 2.23. The molecule has 0 bridgehead atoms. The summed E-state index contributed by atoms with van der Waals surface area (Å²) >= 11 is 0. The molecule has 2 N–H and O–H groups in total. The number of nitrogens with one attached hydrogen (secondary N) is 2. The quantitative estimate of drug-likeness (QED) is 0.639. The maximum Gasteiger partial charge on any atom is 0.255 e. The van der Waals surface area contributed by atoms with E-state index in [1.165, 1.54) is 5.56 Å². The van der Waals surface area contributed by atoms with Crippen LogP contribution in [0.1, 0.15) is 39.6 Å². The van der Waals surface area contributed by atoms with Crippen molar-refractivity contribution in [3.8, 4) is 0 Å². The van der Waals surface area contributed by atoms with E-state index in [2.05, 4.69) is 22.5 Å². The van der Waals surface area contributed by atoms with E-state index in [9.17, 15) is 9.59 Å². The van der Waals surface area contributed by atoms with E-state index in [1.807, 2.05) is 69.5 Å². The summed E-state index contributed by atoms with van der Waals surface area (Å²) in [5.74, 6) is -0.335. The molecule has 0 saturated carbocycles. The van der Waals surface area contributed by atoms with Gasteiger partial charge < -0.3 is 20.4 Å². The Bertz CT molecular complexity index is 829. The van der Waals surface area contributed by atoms with Gasteiger partial charge in [0.15, 0.2) is 0 Å². The zero-order valence-electron chi connectivity index (χ0n) is 18.1. The van der Waals surface area contributed by atoms with E-state index in [0.717, 1.165) is 25.1 Å². The summed E-state index contributed by atoms with van der Waals surface area (Å²) < 4.78 is 0. The first-order valence-corrected chi connectivity index (χ1v) is 9.96. The molecule has 2 aromatic rings. The van der Waals surface area contributed by atoms with Crippen LogP contribution >= 0.6 is 0 Å². The van der Waals surface area contributed by atoms with Crippen LogP contribution in [0, 0.1) is 0 Å². The number of carbonyl (C=O) groups is 2. The van der Waals surface area contributed by atoms with Gasteiger partial charge in [0.25, 0.3) is 11.8 Å². The van der Waals surface area contributed by atoms with Crippen molar-refractivity contribution in [3.05, 3.63) is 59.2 Å². The fourth-order valence-corrected chi connectivity index (χ4v) is 2.97. The molecule has 0 spiro atoms. The minimum absolute atomic E-state index is 0.143. The van der Waals surface area contributed by atoms with Crippen molar-refractivity contribution in [2.45, 2.75) is 19.8 Å². The van der Waals surface area contributed by atoms with Crippen LogP contribution in [0.3, 0.4) is 0 Å². The molecule has 2 rings (SSSR count). The Kier molecular flexibility index (Phi) is 8.21. The Labute approximate surface area is 173 Å². The lowest BCUT2D eigenvalue weighted by molar-refractivity contribution is 0.0951. The number of hydrogen-bond acceptors (Lipinski definition) is 4. The lowest BCUT2D eigenvalue weighted by atomic mass is 10.1. The van der Waals surface area contributed by atoms with E-state index >= 15 is 0 Å². The number of nitrogens with zero attached hydrogens (tertiary/aromatic N) is 2. The zero-order valence-corrected chi connectivity index (χ0v) is 18.1. The fraction of sp³-hybridized carbons (Fsp3) is 0.391. The Morgan fingerprint density at radius 1 is 0.931 bits per heavy atom. The molecule has 0 unspecified atom stereocenters. The molecule has 2 aromatic carbocycles. The molecule has 2 amide bonds. The zero-order chi connectivity index (χ0) is 21.4. The molecule has 0 heterocycles. The van der Waals surface area contributed by atoms with Gasteiger partial charge in [0.05, 0.1) is 5.56 Å². The summed E-state index contributed by atoms with van der Waals surface area (Å²) in [6.07, 6.45) is 1.81. The Hall–Kier alpha value is -2.86. The number of amides is 2. The second kappa shape index (κ2) is 10.6. The van der Waals surface area contributed by atoms with Crippen molar-refractivity contribution in [2.75, 3.05) is 51.5 Å². The highest BCUT2D eigenvalue weighted by molar-refractivity contribution is 6.06. The molecule has 6 nitrogen and oxygen atoms in total. The number of rotatable bonds is 9. The first-order chi connectivity index (χ1) is 13.8. The Balaban J connectivity index is 2.13. The molecule has 0 fully saturated rings. The van der Waals surface area contributed by atoms with Gasteiger partial charge in [-0.1, -0.05) is 19.1 Å².